The van der Waals surface area contributed by atoms with E-state index in [1.54, 1.807) is 12.1 Å². The Labute approximate surface area is 117 Å². The first kappa shape index (κ1) is 15.9. The van der Waals surface area contributed by atoms with Gasteiger partial charge in [-0.15, -0.1) is 17.9 Å². The number of hydrogen-bond acceptors (Lipinski definition) is 4. The van der Waals surface area contributed by atoms with Crippen molar-refractivity contribution in [2.24, 2.45) is 0 Å². The predicted octanol–water partition coefficient (Wildman–Crippen LogP) is 1.96. The van der Waals surface area contributed by atoms with Gasteiger partial charge in [0, 0.05) is 18.5 Å². The number of nitrogens with zero attached hydrogens (tertiary/aromatic N) is 1. The molecule has 0 spiro atoms. The number of rotatable bonds is 8. The number of hydrogen-bond donors (Lipinski definition) is 1. The monoisotopic (exact) mass is 303 g/mol. The molecule has 0 aliphatic heterocycles. The van der Waals surface area contributed by atoms with Gasteiger partial charge in [0.2, 0.25) is 0 Å². The van der Waals surface area contributed by atoms with Crippen LogP contribution < -0.4 is 0 Å². The molecule has 5 nitrogen and oxygen atoms in total. The van der Waals surface area contributed by atoms with E-state index in [-0.39, 0.29) is 10.6 Å². The molecule has 0 radical (unpaired) electrons. The second-order valence-electron chi connectivity index (χ2n) is 4.05. The van der Waals surface area contributed by atoms with Crippen LogP contribution in [0.25, 0.3) is 0 Å². The van der Waals surface area contributed by atoms with Gasteiger partial charge in [0.1, 0.15) is 4.21 Å². The highest BCUT2D eigenvalue weighted by Crippen LogP contribution is 2.24. The number of unbranched alkanes of at least 4 members (excludes halogenated alkanes) is 1. The van der Waals surface area contributed by atoms with Crippen LogP contribution in [0.15, 0.2) is 29.0 Å². The van der Waals surface area contributed by atoms with Crippen molar-refractivity contribution in [1.29, 1.82) is 0 Å². The fraction of sp³-hybridized carbons (Fsp3) is 0.417. The van der Waals surface area contributed by atoms with Gasteiger partial charge < -0.3 is 5.11 Å². The van der Waals surface area contributed by atoms with Crippen molar-refractivity contribution < 1.29 is 18.3 Å². The smallest absolute Gasteiger partial charge is 0.308 e. The molecular formula is C12H17NO4S2. The lowest BCUT2D eigenvalue weighted by atomic mass is 10.3. The third-order valence-corrected chi connectivity index (χ3v) is 5.92. The number of aliphatic carboxylic acids is 1. The van der Waals surface area contributed by atoms with Crippen molar-refractivity contribution in [2.45, 2.75) is 23.5 Å². The third kappa shape index (κ3) is 4.45. The minimum Gasteiger partial charge on any atom is -0.481 e. The second-order valence-corrected chi connectivity index (χ2v) is 7.49. The Morgan fingerprint density at radius 3 is 2.79 bits per heavy atom. The zero-order chi connectivity index (χ0) is 14.5. The maximum absolute atomic E-state index is 12.2. The molecule has 1 heterocycles. The first-order valence-corrected chi connectivity index (χ1v) is 8.01. The standard InChI is InChI=1S/C12H17NO4S2/c1-3-4-5-8-13(2)19(16,17)12-7-6-10(18-12)9-11(14)15/h3,6-7H,1,4-5,8-9H2,2H3,(H,14,15). The molecule has 0 saturated carbocycles. The molecule has 0 aliphatic rings. The van der Waals surface area contributed by atoms with Crippen molar-refractivity contribution >= 4 is 27.3 Å². The van der Waals surface area contributed by atoms with E-state index < -0.39 is 16.0 Å². The van der Waals surface area contributed by atoms with E-state index in [9.17, 15) is 13.2 Å². The number of carboxylic acids is 1. The molecule has 0 amide bonds. The van der Waals surface area contributed by atoms with Gasteiger partial charge in [-0.1, -0.05) is 6.08 Å². The summed E-state index contributed by atoms with van der Waals surface area (Å²) in [5, 5.41) is 8.67. The van der Waals surface area contributed by atoms with Crippen LogP contribution in [0.3, 0.4) is 0 Å². The lowest BCUT2D eigenvalue weighted by molar-refractivity contribution is -0.136. The average molecular weight is 303 g/mol. The maximum atomic E-state index is 12.2. The predicted molar refractivity (Wildman–Crippen MR) is 74.9 cm³/mol. The molecule has 1 aromatic rings. The summed E-state index contributed by atoms with van der Waals surface area (Å²) in [5.41, 5.74) is 0. The van der Waals surface area contributed by atoms with Crippen LogP contribution >= 0.6 is 11.3 Å². The topological polar surface area (TPSA) is 74.7 Å². The Morgan fingerprint density at radius 2 is 2.21 bits per heavy atom. The Morgan fingerprint density at radius 1 is 1.53 bits per heavy atom. The Balaban J connectivity index is 2.78. The van der Waals surface area contributed by atoms with Crippen LogP contribution in [0.1, 0.15) is 17.7 Å². The molecule has 0 fully saturated rings. The second kappa shape index (κ2) is 6.83. The van der Waals surface area contributed by atoms with Gasteiger partial charge in [-0.3, -0.25) is 4.79 Å². The van der Waals surface area contributed by atoms with Crippen LogP contribution in [-0.2, 0) is 21.2 Å². The van der Waals surface area contributed by atoms with Crippen LogP contribution in [0.5, 0.6) is 0 Å². The highest BCUT2D eigenvalue weighted by molar-refractivity contribution is 7.91. The average Bonchev–Trinajstić information content (AvgIpc) is 2.77. The van der Waals surface area contributed by atoms with E-state index in [0.717, 1.165) is 17.8 Å². The van der Waals surface area contributed by atoms with Crippen molar-refractivity contribution in [3.8, 4) is 0 Å². The molecule has 1 rings (SSSR count). The summed E-state index contributed by atoms with van der Waals surface area (Å²) in [6.07, 6.45) is 3.07. The summed E-state index contributed by atoms with van der Waals surface area (Å²) < 4.78 is 25.8. The molecule has 106 valence electrons. The summed E-state index contributed by atoms with van der Waals surface area (Å²) in [4.78, 5) is 11.1. The van der Waals surface area contributed by atoms with Gasteiger partial charge in [0.25, 0.3) is 10.0 Å². The molecule has 0 atom stereocenters. The molecule has 0 aromatic carbocycles. The number of carbonyl (C=O) groups is 1. The molecule has 7 heteroatoms. The highest BCUT2D eigenvalue weighted by Gasteiger charge is 2.22. The quantitative estimate of drug-likeness (QED) is 0.588. The Bertz CT molecular complexity index is 548. The molecule has 0 saturated heterocycles. The van der Waals surface area contributed by atoms with Crippen molar-refractivity contribution in [3.05, 3.63) is 29.7 Å². The van der Waals surface area contributed by atoms with E-state index in [4.69, 9.17) is 5.11 Å². The number of sulfonamides is 1. The highest BCUT2D eigenvalue weighted by atomic mass is 32.2. The van der Waals surface area contributed by atoms with Gasteiger partial charge in [-0.25, -0.2) is 12.7 Å². The molecule has 19 heavy (non-hydrogen) atoms. The fourth-order valence-corrected chi connectivity index (χ4v) is 4.24. The molecule has 0 aliphatic carbocycles. The van der Waals surface area contributed by atoms with Gasteiger partial charge in [0.05, 0.1) is 6.42 Å². The SMILES string of the molecule is C=CCCCN(C)S(=O)(=O)c1ccc(CC(=O)O)s1. The van der Waals surface area contributed by atoms with Gasteiger partial charge in [0.15, 0.2) is 0 Å². The van der Waals surface area contributed by atoms with Crippen molar-refractivity contribution in [1.82, 2.24) is 4.31 Å². The fourth-order valence-electron chi connectivity index (χ4n) is 1.47. The third-order valence-electron chi connectivity index (χ3n) is 2.51. The van der Waals surface area contributed by atoms with Crippen molar-refractivity contribution in [3.63, 3.8) is 0 Å². The molecular weight excluding hydrogens is 286 g/mol. The summed E-state index contributed by atoms with van der Waals surface area (Å²) in [5.74, 6) is -0.967. The molecule has 0 bridgehead atoms. The minimum atomic E-state index is -3.51. The number of carboxylic acid groups (broad SMARTS) is 1. The van der Waals surface area contributed by atoms with E-state index in [1.165, 1.54) is 17.4 Å². The lowest BCUT2D eigenvalue weighted by Gasteiger charge is -2.15. The molecule has 1 aromatic heterocycles. The summed E-state index contributed by atoms with van der Waals surface area (Å²) >= 11 is 1.01. The molecule has 1 N–H and O–H groups in total. The Hall–Kier alpha value is -1.18. The van der Waals surface area contributed by atoms with Crippen LogP contribution in [0, 0.1) is 0 Å². The van der Waals surface area contributed by atoms with Gasteiger partial charge in [-0.05, 0) is 25.0 Å². The molecule has 0 unspecified atom stereocenters. The summed E-state index contributed by atoms with van der Waals surface area (Å²) in [6.45, 7) is 4.00. The normalized spacial score (nSPS) is 11.7. The zero-order valence-electron chi connectivity index (χ0n) is 10.7. The Kier molecular flexibility index (Phi) is 5.71. The maximum Gasteiger partial charge on any atom is 0.308 e. The van der Waals surface area contributed by atoms with Crippen molar-refractivity contribution in [2.75, 3.05) is 13.6 Å². The first-order valence-electron chi connectivity index (χ1n) is 5.75. The summed E-state index contributed by atoms with van der Waals surface area (Å²) in [6, 6.07) is 3.01. The first-order chi connectivity index (χ1) is 8.87. The van der Waals surface area contributed by atoms with E-state index >= 15 is 0 Å². The van der Waals surface area contributed by atoms with Crippen LogP contribution in [0.4, 0.5) is 0 Å². The van der Waals surface area contributed by atoms with E-state index in [1.807, 2.05) is 0 Å². The number of allylic oxidation sites excluding steroid dienone is 1. The van der Waals surface area contributed by atoms with Gasteiger partial charge >= 0.3 is 5.97 Å². The number of thiophene rings is 1. The van der Waals surface area contributed by atoms with E-state index in [0.29, 0.717) is 17.8 Å². The zero-order valence-corrected chi connectivity index (χ0v) is 12.3. The van der Waals surface area contributed by atoms with Crippen LogP contribution in [-0.4, -0.2) is 37.4 Å². The van der Waals surface area contributed by atoms with Gasteiger partial charge in [-0.2, -0.15) is 0 Å². The van der Waals surface area contributed by atoms with Crippen LogP contribution in [0.2, 0.25) is 0 Å². The lowest BCUT2D eigenvalue weighted by Crippen LogP contribution is -2.27. The minimum absolute atomic E-state index is 0.152. The summed E-state index contributed by atoms with van der Waals surface area (Å²) in [7, 11) is -1.99. The van der Waals surface area contributed by atoms with E-state index in [2.05, 4.69) is 6.58 Å². The largest absolute Gasteiger partial charge is 0.481 e.